The monoisotopic (exact) mass is 216 g/mol. The van der Waals surface area contributed by atoms with E-state index in [0.29, 0.717) is 12.2 Å². The number of hydrogen-bond donors (Lipinski definition) is 0. The van der Waals surface area contributed by atoms with Crippen LogP contribution in [0.3, 0.4) is 0 Å². The molecule has 0 saturated heterocycles. The molecule has 1 nitrogen and oxygen atoms in total. The lowest BCUT2D eigenvalue weighted by Gasteiger charge is -2.03. The highest BCUT2D eigenvalue weighted by molar-refractivity contribution is 5.88. The third kappa shape index (κ3) is 1.59. The molecule has 0 radical (unpaired) electrons. The molecule has 0 amide bonds. The molecule has 0 bridgehead atoms. The molecule has 1 heteroatoms. The minimum absolute atomic E-state index is 0.166. The van der Waals surface area contributed by atoms with Gasteiger partial charge in [-0.1, -0.05) is 58.0 Å². The van der Waals surface area contributed by atoms with Gasteiger partial charge in [-0.15, -0.1) is 0 Å². The summed E-state index contributed by atoms with van der Waals surface area (Å²) in [7, 11) is 0. The Labute approximate surface area is 97.9 Å². The highest BCUT2D eigenvalue weighted by atomic mass is 16.1. The van der Waals surface area contributed by atoms with Crippen LogP contribution in [0.15, 0.2) is 30.3 Å². The number of carbonyl (C=O) groups is 1. The lowest BCUT2D eigenvalue weighted by molar-refractivity contribution is -0.120. The average Bonchev–Trinajstić information content (AvgIpc) is 2.58. The van der Waals surface area contributed by atoms with Crippen LogP contribution >= 0.6 is 0 Å². The molecule has 16 heavy (non-hydrogen) atoms. The van der Waals surface area contributed by atoms with E-state index in [1.54, 1.807) is 0 Å². The van der Waals surface area contributed by atoms with E-state index in [4.69, 9.17) is 0 Å². The molecule has 1 fully saturated rings. The van der Waals surface area contributed by atoms with E-state index >= 15 is 0 Å². The van der Waals surface area contributed by atoms with Gasteiger partial charge >= 0.3 is 0 Å². The molecule has 1 aromatic rings. The lowest BCUT2D eigenvalue weighted by atomic mass is 10.0. The van der Waals surface area contributed by atoms with Crippen molar-refractivity contribution in [1.29, 1.82) is 0 Å². The van der Waals surface area contributed by atoms with Gasteiger partial charge in [0.1, 0.15) is 5.78 Å². The summed E-state index contributed by atoms with van der Waals surface area (Å²) in [6, 6.07) is 10.0. The number of rotatable bonds is 3. The summed E-state index contributed by atoms with van der Waals surface area (Å²) in [5.74, 6) is 0.612. The van der Waals surface area contributed by atoms with Crippen molar-refractivity contribution in [3.8, 4) is 0 Å². The van der Waals surface area contributed by atoms with Crippen LogP contribution in [0.1, 0.15) is 33.3 Å². The van der Waals surface area contributed by atoms with Gasteiger partial charge in [-0.2, -0.15) is 0 Å². The zero-order chi connectivity index (χ0) is 12.0. The summed E-state index contributed by atoms with van der Waals surface area (Å²) in [5.41, 5.74) is 1.46. The number of ketones is 1. The van der Waals surface area contributed by atoms with Crippen LogP contribution < -0.4 is 0 Å². The zero-order valence-corrected chi connectivity index (χ0v) is 10.6. The summed E-state index contributed by atoms with van der Waals surface area (Å²) in [6.45, 7) is 8.78. The first-order valence-electron chi connectivity index (χ1n) is 5.94. The molecule has 86 valence electrons. The Morgan fingerprint density at radius 2 is 1.56 bits per heavy atom. The van der Waals surface area contributed by atoms with E-state index in [2.05, 4.69) is 27.7 Å². The smallest absolute Gasteiger partial charge is 0.141 e. The fraction of sp³-hybridized carbons (Fsp3) is 0.533. The summed E-state index contributed by atoms with van der Waals surface area (Å²) in [5, 5.41) is 0. The minimum Gasteiger partial charge on any atom is -0.299 e. The van der Waals surface area contributed by atoms with E-state index in [-0.39, 0.29) is 16.7 Å². The summed E-state index contributed by atoms with van der Waals surface area (Å²) < 4.78 is 0. The Morgan fingerprint density at radius 1 is 1.06 bits per heavy atom. The van der Waals surface area contributed by atoms with Crippen LogP contribution in [0, 0.1) is 16.7 Å². The molecule has 0 spiro atoms. The lowest BCUT2D eigenvalue weighted by Crippen LogP contribution is -2.10. The van der Waals surface area contributed by atoms with Crippen molar-refractivity contribution in [2.75, 3.05) is 0 Å². The Balaban J connectivity index is 2.07. The van der Waals surface area contributed by atoms with E-state index in [1.807, 2.05) is 30.3 Å². The molecule has 1 saturated carbocycles. The van der Waals surface area contributed by atoms with Crippen LogP contribution in [0.4, 0.5) is 0 Å². The molecule has 0 atom stereocenters. The van der Waals surface area contributed by atoms with Gasteiger partial charge in [-0.25, -0.2) is 0 Å². The SMILES string of the molecule is CC1(C)C(C(=O)Cc2ccccc2)C1(C)C. The predicted molar refractivity (Wildman–Crippen MR) is 66.2 cm³/mol. The molecule has 0 aliphatic heterocycles. The maximum absolute atomic E-state index is 12.2. The molecular formula is C15H20O. The fourth-order valence-electron chi connectivity index (χ4n) is 2.90. The largest absolute Gasteiger partial charge is 0.299 e. The zero-order valence-electron chi connectivity index (χ0n) is 10.6. The van der Waals surface area contributed by atoms with Crippen LogP contribution in [0.2, 0.25) is 0 Å². The van der Waals surface area contributed by atoms with Crippen molar-refractivity contribution in [2.24, 2.45) is 16.7 Å². The minimum atomic E-state index is 0.166. The summed E-state index contributed by atoms with van der Waals surface area (Å²) >= 11 is 0. The number of carbonyl (C=O) groups excluding carboxylic acids is 1. The number of Topliss-reactive ketones (excluding diaryl/α,β-unsaturated/α-hetero) is 1. The van der Waals surface area contributed by atoms with Crippen molar-refractivity contribution < 1.29 is 4.79 Å². The Morgan fingerprint density at radius 3 is 2.00 bits per heavy atom. The molecule has 1 aliphatic carbocycles. The van der Waals surface area contributed by atoms with Crippen molar-refractivity contribution in [3.05, 3.63) is 35.9 Å². The second-order valence-corrected chi connectivity index (χ2v) is 6.01. The molecule has 0 aromatic heterocycles. The summed E-state index contributed by atoms with van der Waals surface area (Å²) in [4.78, 5) is 12.2. The van der Waals surface area contributed by atoms with Crippen molar-refractivity contribution >= 4 is 5.78 Å². The first-order valence-corrected chi connectivity index (χ1v) is 5.94. The fourth-order valence-corrected chi connectivity index (χ4v) is 2.90. The van der Waals surface area contributed by atoms with Gasteiger partial charge in [0.15, 0.2) is 0 Å². The average molecular weight is 216 g/mol. The van der Waals surface area contributed by atoms with Crippen LogP contribution in [0.5, 0.6) is 0 Å². The maximum Gasteiger partial charge on any atom is 0.141 e. The van der Waals surface area contributed by atoms with Crippen LogP contribution in [-0.4, -0.2) is 5.78 Å². The maximum atomic E-state index is 12.2. The summed E-state index contributed by atoms with van der Waals surface area (Å²) in [6.07, 6.45) is 0.582. The molecule has 0 N–H and O–H groups in total. The Bertz CT molecular complexity index is 387. The topological polar surface area (TPSA) is 17.1 Å². The standard InChI is InChI=1S/C15H20O/c1-14(2)13(15(14,3)4)12(16)10-11-8-6-5-7-9-11/h5-9,13H,10H2,1-4H3. The molecule has 1 aliphatic rings. The highest BCUT2D eigenvalue weighted by Gasteiger charge is 2.67. The van der Waals surface area contributed by atoms with Crippen molar-refractivity contribution in [2.45, 2.75) is 34.1 Å². The van der Waals surface area contributed by atoms with Gasteiger partial charge in [0.25, 0.3) is 0 Å². The Kier molecular flexibility index (Phi) is 2.45. The van der Waals surface area contributed by atoms with Crippen LogP contribution in [0.25, 0.3) is 0 Å². The normalized spacial score (nSPS) is 21.8. The predicted octanol–water partition coefficient (Wildman–Crippen LogP) is 3.48. The van der Waals surface area contributed by atoms with Crippen molar-refractivity contribution in [3.63, 3.8) is 0 Å². The van der Waals surface area contributed by atoms with E-state index in [9.17, 15) is 4.79 Å². The number of hydrogen-bond acceptors (Lipinski definition) is 1. The van der Waals surface area contributed by atoms with Gasteiger partial charge in [0, 0.05) is 12.3 Å². The molecular weight excluding hydrogens is 196 g/mol. The molecule has 0 unspecified atom stereocenters. The van der Waals surface area contributed by atoms with Gasteiger partial charge in [0.05, 0.1) is 0 Å². The molecule has 1 aromatic carbocycles. The molecule has 0 heterocycles. The highest BCUT2D eigenvalue weighted by Crippen LogP contribution is 2.68. The first kappa shape index (κ1) is 11.4. The van der Waals surface area contributed by atoms with Crippen LogP contribution in [-0.2, 0) is 11.2 Å². The third-order valence-electron chi connectivity index (χ3n) is 4.56. The third-order valence-corrected chi connectivity index (χ3v) is 4.56. The van der Waals surface area contributed by atoms with Gasteiger partial charge in [0.2, 0.25) is 0 Å². The van der Waals surface area contributed by atoms with Crippen molar-refractivity contribution in [1.82, 2.24) is 0 Å². The van der Waals surface area contributed by atoms with E-state index in [1.165, 1.54) is 0 Å². The van der Waals surface area contributed by atoms with Gasteiger partial charge in [-0.05, 0) is 16.4 Å². The van der Waals surface area contributed by atoms with Gasteiger partial charge in [-0.3, -0.25) is 4.79 Å². The quantitative estimate of drug-likeness (QED) is 0.756. The second-order valence-electron chi connectivity index (χ2n) is 6.01. The number of benzene rings is 1. The van der Waals surface area contributed by atoms with E-state index < -0.39 is 0 Å². The van der Waals surface area contributed by atoms with E-state index in [0.717, 1.165) is 5.56 Å². The second kappa shape index (κ2) is 3.44. The first-order chi connectivity index (χ1) is 7.37. The molecule has 2 rings (SSSR count). The van der Waals surface area contributed by atoms with Gasteiger partial charge < -0.3 is 0 Å². The Hall–Kier alpha value is -1.11.